The lowest BCUT2D eigenvalue weighted by atomic mass is 10.3. The second kappa shape index (κ2) is 6.69. The number of rotatable bonds is 4. The van der Waals surface area contributed by atoms with E-state index in [9.17, 15) is 4.79 Å². The third kappa shape index (κ3) is 3.21. The van der Waals surface area contributed by atoms with Gasteiger partial charge in [-0.1, -0.05) is 11.4 Å². The van der Waals surface area contributed by atoms with E-state index >= 15 is 0 Å². The maximum absolute atomic E-state index is 11.4. The Labute approximate surface area is 92.6 Å². The SMILES string of the molecule is CCc1nnsc1C(=O)NCCN.Cl. The van der Waals surface area contributed by atoms with E-state index in [0.29, 0.717) is 18.0 Å². The van der Waals surface area contributed by atoms with Crippen LogP contribution >= 0.6 is 23.9 Å². The van der Waals surface area contributed by atoms with Crippen LogP contribution in [0.4, 0.5) is 0 Å². The van der Waals surface area contributed by atoms with Crippen LogP contribution in [0.15, 0.2) is 0 Å². The van der Waals surface area contributed by atoms with E-state index in [1.807, 2.05) is 6.92 Å². The number of hydrogen-bond donors (Lipinski definition) is 2. The van der Waals surface area contributed by atoms with E-state index in [4.69, 9.17) is 5.73 Å². The number of carbonyl (C=O) groups excluding carboxylic acids is 1. The molecule has 0 radical (unpaired) electrons. The number of nitrogens with one attached hydrogen (secondary N) is 1. The van der Waals surface area contributed by atoms with Gasteiger partial charge in [-0.15, -0.1) is 17.5 Å². The van der Waals surface area contributed by atoms with Crippen LogP contribution in [0.1, 0.15) is 22.3 Å². The highest BCUT2D eigenvalue weighted by molar-refractivity contribution is 7.08. The summed E-state index contributed by atoms with van der Waals surface area (Å²) in [6.07, 6.45) is 0.724. The van der Waals surface area contributed by atoms with Gasteiger partial charge in [-0.25, -0.2) is 0 Å². The Morgan fingerprint density at radius 3 is 2.93 bits per heavy atom. The zero-order valence-corrected chi connectivity index (χ0v) is 9.45. The van der Waals surface area contributed by atoms with Crippen LogP contribution in [-0.4, -0.2) is 28.6 Å². The Kier molecular flexibility index (Phi) is 6.35. The van der Waals surface area contributed by atoms with Gasteiger partial charge < -0.3 is 11.1 Å². The van der Waals surface area contributed by atoms with E-state index in [0.717, 1.165) is 23.6 Å². The number of amides is 1. The minimum absolute atomic E-state index is 0. The number of nitrogens with zero attached hydrogens (tertiary/aromatic N) is 2. The lowest BCUT2D eigenvalue weighted by Gasteiger charge is -2.00. The molecule has 0 unspecified atom stereocenters. The Hall–Kier alpha value is -0.720. The first-order valence-electron chi connectivity index (χ1n) is 4.09. The monoisotopic (exact) mass is 236 g/mol. The van der Waals surface area contributed by atoms with Crippen molar-refractivity contribution < 1.29 is 4.79 Å². The van der Waals surface area contributed by atoms with Gasteiger partial charge in [-0.3, -0.25) is 4.79 Å². The second-order valence-corrected chi connectivity index (χ2v) is 3.20. The molecule has 80 valence electrons. The van der Waals surface area contributed by atoms with Crippen molar-refractivity contribution in [1.82, 2.24) is 14.9 Å². The van der Waals surface area contributed by atoms with Crippen LogP contribution in [0.2, 0.25) is 0 Å². The summed E-state index contributed by atoms with van der Waals surface area (Å²) in [5.74, 6) is -0.127. The van der Waals surface area contributed by atoms with Crippen LogP contribution in [-0.2, 0) is 6.42 Å². The molecule has 1 heterocycles. The number of carbonyl (C=O) groups is 1. The third-order valence-electron chi connectivity index (χ3n) is 1.53. The fourth-order valence-electron chi connectivity index (χ4n) is 0.878. The molecule has 0 fully saturated rings. The molecule has 0 saturated carbocycles. The Bertz CT molecular complexity index is 291. The topological polar surface area (TPSA) is 80.9 Å². The standard InChI is InChI=1S/C7H12N4OS.ClH/c1-2-5-6(13-11-10-5)7(12)9-4-3-8;/h2-4,8H2,1H3,(H,9,12);1H. The zero-order chi connectivity index (χ0) is 9.68. The van der Waals surface area contributed by atoms with E-state index in [-0.39, 0.29) is 18.3 Å². The number of hydrogen-bond acceptors (Lipinski definition) is 5. The molecule has 1 aromatic heterocycles. The predicted molar refractivity (Wildman–Crippen MR) is 57.9 cm³/mol. The Balaban J connectivity index is 0.00000169. The fraction of sp³-hybridized carbons (Fsp3) is 0.571. The van der Waals surface area contributed by atoms with Gasteiger partial charge in [0.1, 0.15) is 4.88 Å². The normalized spacial score (nSPS) is 9.29. The van der Waals surface area contributed by atoms with Gasteiger partial charge >= 0.3 is 0 Å². The zero-order valence-electron chi connectivity index (χ0n) is 7.82. The molecule has 0 atom stereocenters. The number of halogens is 1. The first-order valence-corrected chi connectivity index (χ1v) is 4.86. The number of aromatic nitrogens is 2. The van der Waals surface area contributed by atoms with Gasteiger partial charge in [0.25, 0.3) is 5.91 Å². The summed E-state index contributed by atoms with van der Waals surface area (Å²) in [7, 11) is 0. The van der Waals surface area contributed by atoms with Crippen molar-refractivity contribution in [1.29, 1.82) is 0 Å². The average molecular weight is 237 g/mol. The first kappa shape index (κ1) is 13.3. The quantitative estimate of drug-likeness (QED) is 0.783. The minimum atomic E-state index is -0.127. The first-order chi connectivity index (χ1) is 6.29. The predicted octanol–water partition coefficient (Wildman–Crippen LogP) is 0.211. The molecule has 1 rings (SSSR count). The van der Waals surface area contributed by atoms with Crippen molar-refractivity contribution in [2.75, 3.05) is 13.1 Å². The van der Waals surface area contributed by atoms with Gasteiger partial charge in [0.2, 0.25) is 0 Å². The van der Waals surface area contributed by atoms with Crippen LogP contribution in [0.3, 0.4) is 0 Å². The van der Waals surface area contributed by atoms with Crippen molar-refractivity contribution in [3.05, 3.63) is 10.6 Å². The van der Waals surface area contributed by atoms with Gasteiger partial charge in [0.05, 0.1) is 5.69 Å². The molecular formula is C7H13ClN4OS. The molecule has 0 saturated heterocycles. The smallest absolute Gasteiger partial charge is 0.264 e. The summed E-state index contributed by atoms with van der Waals surface area (Å²) in [6, 6.07) is 0. The molecule has 0 aliphatic heterocycles. The molecular weight excluding hydrogens is 224 g/mol. The molecule has 5 nitrogen and oxygen atoms in total. The summed E-state index contributed by atoms with van der Waals surface area (Å²) in [5, 5.41) is 6.52. The van der Waals surface area contributed by atoms with Crippen LogP contribution in [0.5, 0.6) is 0 Å². The molecule has 0 spiro atoms. The van der Waals surface area contributed by atoms with Crippen molar-refractivity contribution in [3.63, 3.8) is 0 Å². The maximum atomic E-state index is 11.4. The fourth-order valence-corrected chi connectivity index (χ4v) is 1.55. The Morgan fingerprint density at radius 2 is 2.36 bits per heavy atom. The van der Waals surface area contributed by atoms with E-state index < -0.39 is 0 Å². The van der Waals surface area contributed by atoms with E-state index in [1.165, 1.54) is 0 Å². The van der Waals surface area contributed by atoms with Gasteiger partial charge in [-0.2, -0.15) is 0 Å². The van der Waals surface area contributed by atoms with Gasteiger partial charge in [0, 0.05) is 13.1 Å². The van der Waals surface area contributed by atoms with Crippen LogP contribution in [0, 0.1) is 0 Å². The molecule has 3 N–H and O–H groups in total. The summed E-state index contributed by atoms with van der Waals surface area (Å²) in [4.78, 5) is 12.0. The van der Waals surface area contributed by atoms with Crippen LogP contribution in [0.25, 0.3) is 0 Å². The highest BCUT2D eigenvalue weighted by atomic mass is 35.5. The maximum Gasteiger partial charge on any atom is 0.264 e. The Morgan fingerprint density at radius 1 is 1.64 bits per heavy atom. The van der Waals surface area contributed by atoms with E-state index in [1.54, 1.807) is 0 Å². The second-order valence-electron chi connectivity index (χ2n) is 2.45. The summed E-state index contributed by atoms with van der Waals surface area (Å²) in [6.45, 7) is 2.87. The van der Waals surface area contributed by atoms with Crippen LogP contribution < -0.4 is 11.1 Å². The van der Waals surface area contributed by atoms with Crippen molar-refractivity contribution in [2.45, 2.75) is 13.3 Å². The summed E-state index contributed by atoms with van der Waals surface area (Å²) >= 11 is 1.12. The average Bonchev–Trinajstić information content (AvgIpc) is 2.61. The number of nitrogens with two attached hydrogens (primary N) is 1. The highest BCUT2D eigenvalue weighted by Crippen LogP contribution is 2.10. The lowest BCUT2D eigenvalue weighted by molar-refractivity contribution is 0.0957. The summed E-state index contributed by atoms with van der Waals surface area (Å²) in [5.41, 5.74) is 6.01. The van der Waals surface area contributed by atoms with Crippen molar-refractivity contribution >= 4 is 29.8 Å². The molecule has 7 heteroatoms. The van der Waals surface area contributed by atoms with E-state index in [2.05, 4.69) is 14.9 Å². The minimum Gasteiger partial charge on any atom is -0.350 e. The highest BCUT2D eigenvalue weighted by Gasteiger charge is 2.13. The lowest BCUT2D eigenvalue weighted by Crippen LogP contribution is -2.29. The van der Waals surface area contributed by atoms with Gasteiger partial charge in [-0.05, 0) is 18.0 Å². The molecule has 0 aromatic carbocycles. The largest absolute Gasteiger partial charge is 0.350 e. The molecule has 1 amide bonds. The molecule has 14 heavy (non-hydrogen) atoms. The van der Waals surface area contributed by atoms with Gasteiger partial charge in [0.15, 0.2) is 0 Å². The molecule has 1 aromatic rings. The van der Waals surface area contributed by atoms with Crippen molar-refractivity contribution in [2.24, 2.45) is 5.73 Å². The number of aryl methyl sites for hydroxylation is 1. The third-order valence-corrected chi connectivity index (χ3v) is 2.29. The summed E-state index contributed by atoms with van der Waals surface area (Å²) < 4.78 is 3.72. The molecule has 0 bridgehead atoms. The molecule has 0 aliphatic carbocycles. The van der Waals surface area contributed by atoms with Crippen molar-refractivity contribution in [3.8, 4) is 0 Å². The molecule has 0 aliphatic rings.